The maximum absolute atomic E-state index is 15.4. The van der Waals surface area contributed by atoms with Gasteiger partial charge < -0.3 is 10.5 Å². The van der Waals surface area contributed by atoms with Crippen molar-refractivity contribution >= 4 is 18.0 Å². The van der Waals surface area contributed by atoms with Crippen LogP contribution in [0.15, 0.2) is 48.7 Å². The van der Waals surface area contributed by atoms with Gasteiger partial charge in [-0.05, 0) is 31.1 Å². The number of primary amides is 1. The molecule has 9 heteroatoms. The third kappa shape index (κ3) is 4.00. The molecule has 0 radical (unpaired) electrons. The zero-order valence-electron chi connectivity index (χ0n) is 20.6. The Bertz CT molecular complexity index is 1300. The summed E-state index contributed by atoms with van der Waals surface area (Å²) < 4.78 is 36.5. The molecule has 2 aliphatic heterocycles. The first-order valence-corrected chi connectivity index (χ1v) is 12.4. The number of carbonyl (C=O) groups excluding carboxylic acids is 2. The van der Waals surface area contributed by atoms with Gasteiger partial charge >= 0.3 is 5.97 Å². The average molecular weight is 507 g/mol. The Hall–Kier alpha value is -3.64. The molecule has 0 spiro atoms. The third-order valence-electron chi connectivity index (χ3n) is 8.35. The summed E-state index contributed by atoms with van der Waals surface area (Å²) in [5, 5.41) is 9.36. The topological polar surface area (TPSA) is 109 Å². The lowest BCUT2D eigenvalue weighted by molar-refractivity contribution is -0.191. The molecular weight excluding hydrogens is 478 g/mol. The molecule has 2 saturated heterocycles. The van der Waals surface area contributed by atoms with Crippen LogP contribution in [0.2, 0.25) is 0 Å². The summed E-state index contributed by atoms with van der Waals surface area (Å²) in [5.74, 6) is -6.95. The third-order valence-corrected chi connectivity index (χ3v) is 8.35. The molecule has 5 atom stereocenters. The fourth-order valence-corrected chi connectivity index (χ4v) is 6.23. The number of likely N-dealkylation sites (tertiary alicyclic amines) is 1. The number of carbonyl (C=O) groups is 2. The number of nitrogens with two attached hydrogens (primary N) is 1. The lowest BCUT2D eigenvalue weighted by Gasteiger charge is -2.56. The van der Waals surface area contributed by atoms with E-state index in [-0.39, 0.29) is 13.1 Å². The molecule has 0 bridgehead atoms. The fourth-order valence-electron chi connectivity index (χ4n) is 6.23. The van der Waals surface area contributed by atoms with Crippen LogP contribution >= 0.6 is 0 Å². The van der Waals surface area contributed by atoms with Gasteiger partial charge in [-0.15, -0.1) is 0 Å². The second-order valence-corrected chi connectivity index (χ2v) is 10.4. The monoisotopic (exact) mass is 506 g/mol. The number of esters is 1. The summed E-state index contributed by atoms with van der Waals surface area (Å²) in [6.45, 7) is 3.59. The first-order valence-electron chi connectivity index (χ1n) is 12.4. The van der Waals surface area contributed by atoms with Gasteiger partial charge in [0.2, 0.25) is 5.91 Å². The van der Waals surface area contributed by atoms with E-state index in [2.05, 4.69) is 11.1 Å². The lowest BCUT2D eigenvalue weighted by Crippen LogP contribution is -2.71. The number of rotatable bonds is 5. The fraction of sp³-hybridized carbons (Fsp3) is 0.429. The first kappa shape index (κ1) is 25.0. The number of hydrogen-bond acceptors (Lipinski definition) is 6. The number of amides is 1. The van der Waals surface area contributed by atoms with E-state index >= 15 is 8.78 Å². The van der Waals surface area contributed by atoms with Gasteiger partial charge in [-0.3, -0.25) is 19.5 Å². The van der Waals surface area contributed by atoms with Crippen LogP contribution in [0.5, 0.6) is 0 Å². The Morgan fingerprint density at radius 1 is 1.24 bits per heavy atom. The largest absolute Gasteiger partial charge is 0.461 e. The van der Waals surface area contributed by atoms with Crippen molar-refractivity contribution in [2.75, 3.05) is 13.1 Å². The van der Waals surface area contributed by atoms with Crippen LogP contribution in [0.3, 0.4) is 0 Å². The predicted octanol–water partition coefficient (Wildman–Crippen LogP) is 3.64. The molecule has 192 valence electrons. The summed E-state index contributed by atoms with van der Waals surface area (Å²) in [7, 11) is 0. The Labute approximate surface area is 213 Å². The van der Waals surface area contributed by atoms with Crippen molar-refractivity contribution in [2.24, 2.45) is 29.4 Å². The molecule has 0 unspecified atom stereocenters. The highest BCUT2D eigenvalue weighted by Crippen LogP contribution is 2.58. The Morgan fingerprint density at radius 2 is 1.97 bits per heavy atom. The Morgan fingerprint density at radius 3 is 2.62 bits per heavy atom. The minimum Gasteiger partial charge on any atom is -0.461 e. The second-order valence-electron chi connectivity index (χ2n) is 10.4. The molecule has 1 aliphatic carbocycles. The number of cyclic esters (lactones) is 1. The summed E-state index contributed by atoms with van der Waals surface area (Å²) in [6.07, 6.45) is 3.85. The highest BCUT2D eigenvalue weighted by molar-refractivity contribution is 5.86. The normalized spacial score (nSPS) is 31.4. The van der Waals surface area contributed by atoms with Gasteiger partial charge in [-0.1, -0.05) is 37.3 Å². The van der Waals surface area contributed by atoms with Crippen molar-refractivity contribution in [3.05, 3.63) is 59.9 Å². The van der Waals surface area contributed by atoms with Gasteiger partial charge in [0.05, 0.1) is 23.2 Å². The van der Waals surface area contributed by atoms with E-state index in [0.29, 0.717) is 11.3 Å². The molecule has 1 aromatic heterocycles. The molecule has 1 aromatic carbocycles. The number of ether oxygens (including phenoxy) is 1. The second kappa shape index (κ2) is 9.03. The standard InChI is InChI=1S/C28H28F2N4O3/c1-16-22(10-9-21-8-7-19(12-33-21)23-6-4-3-5-18(23)11-31)24-17(2)37-26(36)27(24,15-28(16,29)30)34-13-20(14-34)25(32)35/h3-10,12,16-17,20,22,24H,13-15H2,1-2H3,(H2,32,35)/b10-9+/t16-,17+,22-,24-,27-/m0/s1. The summed E-state index contributed by atoms with van der Waals surface area (Å²) in [4.78, 5) is 30.8. The van der Waals surface area contributed by atoms with Gasteiger partial charge in [0.25, 0.3) is 5.92 Å². The lowest BCUT2D eigenvalue weighted by atomic mass is 9.59. The number of nitrogens with zero attached hydrogens (tertiary/aromatic N) is 3. The number of aromatic nitrogens is 1. The van der Waals surface area contributed by atoms with Gasteiger partial charge in [-0.2, -0.15) is 5.26 Å². The molecular formula is C28H28F2N4O3. The highest BCUT2D eigenvalue weighted by atomic mass is 19.3. The predicted molar refractivity (Wildman–Crippen MR) is 132 cm³/mol. The first-order chi connectivity index (χ1) is 17.6. The molecule has 3 fully saturated rings. The number of nitriles is 1. The Balaban J connectivity index is 1.45. The zero-order valence-corrected chi connectivity index (χ0v) is 20.6. The minimum atomic E-state index is -3.12. The van der Waals surface area contributed by atoms with E-state index in [0.717, 1.165) is 11.1 Å². The molecule has 1 saturated carbocycles. The van der Waals surface area contributed by atoms with Crippen LogP contribution in [0, 0.1) is 35.0 Å². The number of halogens is 2. The van der Waals surface area contributed by atoms with E-state index in [1.165, 1.54) is 6.92 Å². The number of alkyl halides is 2. The van der Waals surface area contributed by atoms with Crippen LogP contribution in [0.1, 0.15) is 31.5 Å². The molecule has 7 nitrogen and oxygen atoms in total. The maximum Gasteiger partial charge on any atom is 0.327 e. The number of hydrogen-bond donors (Lipinski definition) is 1. The molecule has 37 heavy (non-hydrogen) atoms. The van der Waals surface area contributed by atoms with E-state index in [4.69, 9.17) is 10.5 Å². The van der Waals surface area contributed by atoms with Crippen molar-refractivity contribution in [3.63, 3.8) is 0 Å². The van der Waals surface area contributed by atoms with Crippen molar-refractivity contribution < 1.29 is 23.1 Å². The minimum absolute atomic E-state index is 0.168. The van der Waals surface area contributed by atoms with Crippen LogP contribution < -0.4 is 5.73 Å². The Kier molecular flexibility index (Phi) is 6.11. The summed E-state index contributed by atoms with van der Waals surface area (Å²) in [5.41, 5.74) is 6.54. The van der Waals surface area contributed by atoms with Crippen LogP contribution in [-0.2, 0) is 14.3 Å². The summed E-state index contributed by atoms with van der Waals surface area (Å²) in [6, 6.07) is 13.0. The molecule has 3 heterocycles. The smallest absolute Gasteiger partial charge is 0.327 e. The SMILES string of the molecule is C[C@H]1OC(=O)[C@]2(N3CC(C(N)=O)C3)CC(F)(F)[C@@H](C)[C@H](/C=C/c3ccc(-c4ccccc4C#N)cn3)[C@H]12. The van der Waals surface area contributed by atoms with Crippen molar-refractivity contribution in [2.45, 2.75) is 37.8 Å². The highest BCUT2D eigenvalue weighted by Gasteiger charge is 2.71. The number of fused-ring (bicyclic) bond motifs is 1. The molecule has 1 amide bonds. The van der Waals surface area contributed by atoms with Gasteiger partial charge in [0.15, 0.2) is 0 Å². The van der Waals surface area contributed by atoms with Gasteiger partial charge in [0.1, 0.15) is 11.6 Å². The number of benzene rings is 1. The molecule has 5 rings (SSSR count). The van der Waals surface area contributed by atoms with E-state index in [1.807, 2.05) is 18.2 Å². The average Bonchev–Trinajstić information content (AvgIpc) is 3.07. The van der Waals surface area contributed by atoms with Gasteiger partial charge in [0, 0.05) is 48.7 Å². The summed E-state index contributed by atoms with van der Waals surface area (Å²) >= 11 is 0. The van der Waals surface area contributed by atoms with Crippen molar-refractivity contribution in [3.8, 4) is 17.2 Å². The van der Waals surface area contributed by atoms with Crippen molar-refractivity contribution in [1.82, 2.24) is 9.88 Å². The molecule has 2 N–H and O–H groups in total. The van der Waals surface area contributed by atoms with E-state index < -0.39 is 59.5 Å². The number of pyridine rings is 1. The van der Waals surface area contributed by atoms with Crippen molar-refractivity contribution in [1.29, 1.82) is 5.26 Å². The molecule has 3 aliphatic rings. The zero-order chi connectivity index (χ0) is 26.5. The van der Waals surface area contributed by atoms with Crippen LogP contribution in [0.4, 0.5) is 8.78 Å². The van der Waals surface area contributed by atoms with Gasteiger partial charge in [-0.25, -0.2) is 8.78 Å². The van der Waals surface area contributed by atoms with E-state index in [9.17, 15) is 14.9 Å². The van der Waals surface area contributed by atoms with Crippen LogP contribution in [0.25, 0.3) is 17.2 Å². The van der Waals surface area contributed by atoms with E-state index in [1.54, 1.807) is 48.4 Å². The molecule has 2 aromatic rings. The van der Waals surface area contributed by atoms with Crippen LogP contribution in [-0.4, -0.2) is 52.4 Å². The quantitative estimate of drug-likeness (QED) is 0.620. The number of allylic oxidation sites excluding steroid dienone is 1. The maximum atomic E-state index is 15.4.